The molecule has 0 fully saturated rings. The van der Waals surface area contributed by atoms with Crippen LogP contribution in [-0.4, -0.2) is 18.7 Å². The third kappa shape index (κ3) is 6.66. The molecule has 0 heterocycles. The van der Waals surface area contributed by atoms with Gasteiger partial charge in [0.25, 0.3) is 0 Å². The lowest BCUT2D eigenvalue weighted by molar-refractivity contribution is 0.0331. The van der Waals surface area contributed by atoms with Crippen molar-refractivity contribution < 1.29 is 9.53 Å². The van der Waals surface area contributed by atoms with Crippen molar-refractivity contribution in [3.05, 3.63) is 0 Å². The van der Waals surface area contributed by atoms with Gasteiger partial charge in [-0.1, -0.05) is 20.8 Å². The summed E-state index contributed by atoms with van der Waals surface area (Å²) in [5.41, 5.74) is 10.2. The van der Waals surface area contributed by atoms with Gasteiger partial charge in [-0.15, -0.1) is 12.4 Å². The zero-order valence-electron chi connectivity index (χ0n) is 8.37. The Balaban J connectivity index is 0. The molecule has 1 amide bonds. The van der Waals surface area contributed by atoms with Crippen molar-refractivity contribution in [1.29, 1.82) is 0 Å². The van der Waals surface area contributed by atoms with Crippen molar-refractivity contribution in [2.24, 2.45) is 16.9 Å². The number of halogens is 1. The van der Waals surface area contributed by atoms with Gasteiger partial charge in [-0.05, 0) is 18.4 Å². The molecular weight excluding hydrogens is 192 g/mol. The third-order valence-corrected chi connectivity index (χ3v) is 1.65. The van der Waals surface area contributed by atoms with E-state index in [1.54, 1.807) is 0 Å². The van der Waals surface area contributed by atoms with E-state index < -0.39 is 6.09 Å². The van der Waals surface area contributed by atoms with Crippen molar-refractivity contribution in [2.75, 3.05) is 6.54 Å². The van der Waals surface area contributed by atoms with Gasteiger partial charge in [0, 0.05) is 0 Å². The van der Waals surface area contributed by atoms with Crippen LogP contribution >= 0.6 is 12.4 Å². The van der Waals surface area contributed by atoms with E-state index in [9.17, 15) is 4.79 Å². The standard InChI is InChI=1S/C8H18N2O2.ClH/c1-8(2,3)6(4-5-9)12-7(10)11;/h6H,4-5,9H2,1-3H3,(H2,10,11);1H. The van der Waals surface area contributed by atoms with Crippen LogP contribution in [0, 0.1) is 5.41 Å². The number of carbonyl (C=O) groups is 1. The number of hydrogen-bond donors (Lipinski definition) is 2. The first kappa shape index (κ1) is 15.0. The fourth-order valence-corrected chi connectivity index (χ4v) is 0.960. The Labute approximate surface area is 85.4 Å². The first-order valence-corrected chi connectivity index (χ1v) is 4.04. The highest BCUT2D eigenvalue weighted by Gasteiger charge is 2.26. The van der Waals surface area contributed by atoms with Gasteiger partial charge in [0.1, 0.15) is 6.10 Å². The number of nitrogens with two attached hydrogens (primary N) is 2. The zero-order valence-corrected chi connectivity index (χ0v) is 9.19. The highest BCUT2D eigenvalue weighted by Crippen LogP contribution is 2.24. The molecule has 0 aliphatic rings. The molecule has 80 valence electrons. The van der Waals surface area contributed by atoms with Crippen LogP contribution in [0.15, 0.2) is 0 Å². The van der Waals surface area contributed by atoms with Crippen molar-refractivity contribution in [2.45, 2.75) is 33.3 Å². The predicted molar refractivity (Wildman–Crippen MR) is 54.8 cm³/mol. The SMILES string of the molecule is CC(C)(C)C(CCN)OC(N)=O.Cl. The van der Waals surface area contributed by atoms with Crippen LogP contribution in [-0.2, 0) is 4.74 Å². The zero-order chi connectivity index (χ0) is 9.78. The first-order chi connectivity index (χ1) is 5.38. The molecule has 4 N–H and O–H groups in total. The van der Waals surface area contributed by atoms with E-state index in [0.717, 1.165) is 0 Å². The molecule has 1 atom stereocenters. The number of rotatable bonds is 3. The minimum absolute atomic E-state index is 0. The summed E-state index contributed by atoms with van der Waals surface area (Å²) in [7, 11) is 0. The van der Waals surface area contributed by atoms with Crippen LogP contribution in [0.5, 0.6) is 0 Å². The molecule has 0 aromatic heterocycles. The average Bonchev–Trinajstić information content (AvgIpc) is 1.83. The lowest BCUT2D eigenvalue weighted by Gasteiger charge is -2.29. The first-order valence-electron chi connectivity index (χ1n) is 4.04. The Hall–Kier alpha value is -0.480. The van der Waals surface area contributed by atoms with Gasteiger partial charge in [0.15, 0.2) is 0 Å². The molecule has 13 heavy (non-hydrogen) atoms. The Morgan fingerprint density at radius 2 is 1.92 bits per heavy atom. The summed E-state index contributed by atoms with van der Waals surface area (Å²) >= 11 is 0. The monoisotopic (exact) mass is 210 g/mol. The molecule has 0 aromatic rings. The van der Waals surface area contributed by atoms with Crippen LogP contribution in [0.2, 0.25) is 0 Å². The Bertz CT molecular complexity index is 157. The smallest absolute Gasteiger partial charge is 0.404 e. The van der Waals surface area contributed by atoms with Gasteiger partial charge in [-0.25, -0.2) is 4.79 Å². The van der Waals surface area contributed by atoms with E-state index in [2.05, 4.69) is 0 Å². The fraction of sp³-hybridized carbons (Fsp3) is 0.875. The maximum Gasteiger partial charge on any atom is 0.404 e. The van der Waals surface area contributed by atoms with Crippen LogP contribution in [0.3, 0.4) is 0 Å². The summed E-state index contributed by atoms with van der Waals surface area (Å²) in [4.78, 5) is 10.5. The predicted octanol–water partition coefficient (Wildman–Crippen LogP) is 1.27. The molecule has 0 bridgehead atoms. The summed E-state index contributed by atoms with van der Waals surface area (Å²) in [6.07, 6.45) is -0.282. The molecule has 5 heteroatoms. The summed E-state index contributed by atoms with van der Waals surface area (Å²) < 4.78 is 4.91. The van der Waals surface area contributed by atoms with Gasteiger partial charge in [0.05, 0.1) is 0 Å². The van der Waals surface area contributed by atoms with Crippen LogP contribution < -0.4 is 11.5 Å². The van der Waals surface area contributed by atoms with E-state index >= 15 is 0 Å². The largest absolute Gasteiger partial charge is 0.446 e. The number of amides is 1. The molecule has 1 unspecified atom stereocenters. The van der Waals surface area contributed by atoms with Crippen LogP contribution in [0.4, 0.5) is 4.79 Å². The number of ether oxygens (including phenoxy) is 1. The Morgan fingerprint density at radius 1 is 1.46 bits per heavy atom. The average molecular weight is 211 g/mol. The van der Waals surface area contributed by atoms with Crippen molar-refractivity contribution in [3.8, 4) is 0 Å². The maximum absolute atomic E-state index is 10.5. The minimum atomic E-state index is -0.733. The summed E-state index contributed by atoms with van der Waals surface area (Å²) in [5, 5.41) is 0. The van der Waals surface area contributed by atoms with Gasteiger partial charge in [-0.2, -0.15) is 0 Å². The van der Waals surface area contributed by atoms with E-state index in [4.69, 9.17) is 16.2 Å². The lowest BCUT2D eigenvalue weighted by Crippen LogP contribution is -2.35. The Kier molecular flexibility index (Phi) is 6.98. The molecule has 0 saturated heterocycles. The quantitative estimate of drug-likeness (QED) is 0.737. The second-order valence-corrected chi connectivity index (χ2v) is 3.87. The minimum Gasteiger partial charge on any atom is -0.446 e. The van der Waals surface area contributed by atoms with E-state index in [0.29, 0.717) is 13.0 Å². The molecule has 0 spiro atoms. The molecule has 0 radical (unpaired) electrons. The van der Waals surface area contributed by atoms with Crippen LogP contribution in [0.1, 0.15) is 27.2 Å². The van der Waals surface area contributed by atoms with Gasteiger partial charge >= 0.3 is 6.09 Å². The summed E-state index contributed by atoms with van der Waals surface area (Å²) in [6, 6.07) is 0. The van der Waals surface area contributed by atoms with Crippen LogP contribution in [0.25, 0.3) is 0 Å². The fourth-order valence-electron chi connectivity index (χ4n) is 0.960. The normalized spacial score (nSPS) is 12.9. The van der Waals surface area contributed by atoms with E-state index in [-0.39, 0.29) is 23.9 Å². The molecule has 0 saturated carbocycles. The maximum atomic E-state index is 10.5. The summed E-state index contributed by atoms with van der Waals surface area (Å²) in [5.74, 6) is 0. The lowest BCUT2D eigenvalue weighted by atomic mass is 9.87. The number of primary amides is 1. The van der Waals surface area contributed by atoms with E-state index in [1.807, 2.05) is 20.8 Å². The van der Waals surface area contributed by atoms with Gasteiger partial charge in [0.2, 0.25) is 0 Å². The molecule has 0 aliphatic carbocycles. The second kappa shape index (κ2) is 6.05. The topological polar surface area (TPSA) is 78.3 Å². The van der Waals surface area contributed by atoms with E-state index in [1.165, 1.54) is 0 Å². The molecular formula is C8H19ClN2O2. The molecule has 4 nitrogen and oxygen atoms in total. The number of hydrogen-bond acceptors (Lipinski definition) is 3. The highest BCUT2D eigenvalue weighted by atomic mass is 35.5. The molecule has 0 rings (SSSR count). The highest BCUT2D eigenvalue weighted by molar-refractivity contribution is 5.85. The molecule has 0 aliphatic heterocycles. The van der Waals surface area contributed by atoms with Gasteiger partial charge < -0.3 is 16.2 Å². The third-order valence-electron chi connectivity index (χ3n) is 1.65. The van der Waals surface area contributed by atoms with Crippen molar-refractivity contribution in [1.82, 2.24) is 0 Å². The Morgan fingerprint density at radius 3 is 2.15 bits per heavy atom. The second-order valence-electron chi connectivity index (χ2n) is 3.87. The van der Waals surface area contributed by atoms with Crippen molar-refractivity contribution >= 4 is 18.5 Å². The summed E-state index contributed by atoms with van der Waals surface area (Å²) in [6.45, 7) is 6.44. The van der Waals surface area contributed by atoms with Gasteiger partial charge in [-0.3, -0.25) is 0 Å². The van der Waals surface area contributed by atoms with Crippen molar-refractivity contribution in [3.63, 3.8) is 0 Å². The molecule has 0 aromatic carbocycles. The number of carbonyl (C=O) groups excluding carboxylic acids is 1.